The number of hydrogen-bond donors (Lipinski definition) is 1. The van der Waals surface area contributed by atoms with Crippen LogP contribution in [0.5, 0.6) is 5.75 Å². The average Bonchev–Trinajstić information content (AvgIpc) is 2.36. The number of rotatable bonds is 6. The Hall–Kier alpha value is -2.04. The molecule has 1 atom stereocenters. The number of benzene rings is 1. The summed E-state index contributed by atoms with van der Waals surface area (Å²) in [5.74, 6) is 0.493. The van der Waals surface area contributed by atoms with E-state index in [9.17, 15) is 9.59 Å². The molecule has 0 aromatic heterocycles. The molecule has 5 heteroatoms. The minimum absolute atomic E-state index is 0.0763. The first-order chi connectivity index (χ1) is 10.2. The van der Waals surface area contributed by atoms with Crippen LogP contribution in [0.25, 0.3) is 0 Å². The lowest BCUT2D eigenvalue weighted by molar-refractivity contribution is 0.0506. The summed E-state index contributed by atoms with van der Waals surface area (Å²) in [4.78, 5) is 24.0. The number of carbonyl (C=O) groups is 2. The van der Waals surface area contributed by atoms with Gasteiger partial charge in [0.15, 0.2) is 5.78 Å². The number of ketones is 1. The standard InChI is InChI=1S/C17H25NO4/c1-6-21-15-10-8-7-9-13(15)14(19)11-12(2)18-16(20)22-17(3,4)5/h7-10,12H,6,11H2,1-5H3,(H,18,20). The summed E-state index contributed by atoms with van der Waals surface area (Å²) in [6.45, 7) is 9.51. The lowest BCUT2D eigenvalue weighted by atomic mass is 10.0. The highest BCUT2D eigenvalue weighted by Gasteiger charge is 2.20. The number of nitrogens with one attached hydrogen (secondary N) is 1. The van der Waals surface area contributed by atoms with Crippen LogP contribution < -0.4 is 10.1 Å². The summed E-state index contributed by atoms with van der Waals surface area (Å²) in [6, 6.07) is 6.79. The first-order valence-corrected chi connectivity index (χ1v) is 7.47. The molecule has 0 bridgehead atoms. The monoisotopic (exact) mass is 307 g/mol. The average molecular weight is 307 g/mol. The van der Waals surface area contributed by atoms with Crippen LogP contribution in [0.4, 0.5) is 4.79 Å². The Balaban J connectivity index is 2.63. The molecule has 22 heavy (non-hydrogen) atoms. The van der Waals surface area contributed by atoms with Gasteiger partial charge in [-0.3, -0.25) is 4.79 Å². The lowest BCUT2D eigenvalue weighted by Crippen LogP contribution is -2.38. The number of para-hydroxylation sites is 1. The Kier molecular flexibility index (Phi) is 6.40. The van der Waals surface area contributed by atoms with Crippen molar-refractivity contribution in [1.82, 2.24) is 5.32 Å². The van der Waals surface area contributed by atoms with Crippen LogP contribution in [0, 0.1) is 0 Å². The zero-order valence-electron chi connectivity index (χ0n) is 13.9. The van der Waals surface area contributed by atoms with E-state index in [1.165, 1.54) is 0 Å². The maximum absolute atomic E-state index is 12.3. The van der Waals surface area contributed by atoms with Crippen molar-refractivity contribution in [1.29, 1.82) is 0 Å². The minimum atomic E-state index is -0.560. The van der Waals surface area contributed by atoms with Gasteiger partial charge in [0.2, 0.25) is 0 Å². The van der Waals surface area contributed by atoms with E-state index < -0.39 is 11.7 Å². The second-order valence-corrected chi connectivity index (χ2v) is 6.10. The first-order valence-electron chi connectivity index (χ1n) is 7.47. The Bertz CT molecular complexity index is 520. The largest absolute Gasteiger partial charge is 0.493 e. The molecule has 1 aromatic rings. The second-order valence-electron chi connectivity index (χ2n) is 6.10. The third-order valence-corrected chi connectivity index (χ3v) is 2.74. The number of hydrogen-bond acceptors (Lipinski definition) is 4. The number of carbonyl (C=O) groups excluding carboxylic acids is 2. The quantitative estimate of drug-likeness (QED) is 0.816. The fourth-order valence-corrected chi connectivity index (χ4v) is 1.93. The van der Waals surface area contributed by atoms with Crippen molar-refractivity contribution < 1.29 is 19.1 Å². The van der Waals surface area contributed by atoms with Gasteiger partial charge in [-0.05, 0) is 46.8 Å². The maximum atomic E-state index is 12.3. The third-order valence-electron chi connectivity index (χ3n) is 2.74. The van der Waals surface area contributed by atoms with Gasteiger partial charge in [-0.1, -0.05) is 12.1 Å². The van der Waals surface area contributed by atoms with Crippen LogP contribution in [0.1, 0.15) is 51.4 Å². The molecular formula is C17H25NO4. The van der Waals surface area contributed by atoms with Crippen molar-refractivity contribution in [3.8, 4) is 5.75 Å². The third kappa shape index (κ3) is 6.16. The molecule has 1 rings (SSSR count). The van der Waals surface area contributed by atoms with Crippen LogP contribution in [0.15, 0.2) is 24.3 Å². The lowest BCUT2D eigenvalue weighted by Gasteiger charge is -2.21. The van der Waals surface area contributed by atoms with Crippen LogP contribution in [-0.2, 0) is 4.74 Å². The van der Waals surface area contributed by atoms with Gasteiger partial charge in [-0.2, -0.15) is 0 Å². The van der Waals surface area contributed by atoms with E-state index in [1.54, 1.807) is 45.9 Å². The molecule has 0 aliphatic rings. The molecule has 1 amide bonds. The van der Waals surface area contributed by atoms with Crippen molar-refractivity contribution in [3.63, 3.8) is 0 Å². The van der Waals surface area contributed by atoms with Gasteiger partial charge in [0.1, 0.15) is 11.4 Å². The summed E-state index contributed by atoms with van der Waals surface area (Å²) in [6.07, 6.45) is -0.338. The summed E-state index contributed by atoms with van der Waals surface area (Å²) >= 11 is 0. The van der Waals surface area contributed by atoms with E-state index in [0.717, 1.165) is 0 Å². The van der Waals surface area contributed by atoms with Gasteiger partial charge >= 0.3 is 6.09 Å². The molecule has 1 unspecified atom stereocenters. The predicted molar refractivity (Wildman–Crippen MR) is 85.4 cm³/mol. The number of alkyl carbamates (subject to hydrolysis) is 1. The van der Waals surface area contributed by atoms with Crippen molar-refractivity contribution in [2.75, 3.05) is 6.61 Å². The van der Waals surface area contributed by atoms with Gasteiger partial charge in [0.05, 0.1) is 12.2 Å². The Morgan fingerprint density at radius 2 is 1.86 bits per heavy atom. The topological polar surface area (TPSA) is 64.6 Å². The summed E-state index contributed by atoms with van der Waals surface area (Å²) in [7, 11) is 0. The molecule has 5 nitrogen and oxygen atoms in total. The summed E-state index contributed by atoms with van der Waals surface area (Å²) in [5, 5.41) is 2.67. The van der Waals surface area contributed by atoms with E-state index in [4.69, 9.17) is 9.47 Å². The molecule has 1 aromatic carbocycles. The smallest absolute Gasteiger partial charge is 0.407 e. The molecule has 122 valence electrons. The molecule has 0 heterocycles. The molecule has 1 N–H and O–H groups in total. The van der Waals surface area contributed by atoms with Crippen molar-refractivity contribution in [2.24, 2.45) is 0 Å². The highest BCUT2D eigenvalue weighted by molar-refractivity contribution is 5.99. The predicted octanol–water partition coefficient (Wildman–Crippen LogP) is 3.57. The highest BCUT2D eigenvalue weighted by Crippen LogP contribution is 2.20. The van der Waals surface area contributed by atoms with Crippen LogP contribution in [0.2, 0.25) is 0 Å². The second kappa shape index (κ2) is 7.82. The van der Waals surface area contributed by atoms with Crippen molar-refractivity contribution >= 4 is 11.9 Å². The fourth-order valence-electron chi connectivity index (χ4n) is 1.93. The van der Waals surface area contributed by atoms with E-state index in [1.807, 2.05) is 13.0 Å². The van der Waals surface area contributed by atoms with E-state index in [-0.39, 0.29) is 18.2 Å². The molecule has 0 fully saturated rings. The zero-order valence-corrected chi connectivity index (χ0v) is 13.9. The molecule has 0 saturated heterocycles. The Morgan fingerprint density at radius 1 is 1.23 bits per heavy atom. The maximum Gasteiger partial charge on any atom is 0.407 e. The molecule has 0 saturated carbocycles. The molecule has 0 radical (unpaired) electrons. The minimum Gasteiger partial charge on any atom is -0.493 e. The molecular weight excluding hydrogens is 282 g/mol. The van der Waals surface area contributed by atoms with E-state index in [2.05, 4.69) is 5.32 Å². The number of Topliss-reactive ketones (excluding diaryl/α,β-unsaturated/α-hetero) is 1. The summed E-state index contributed by atoms with van der Waals surface area (Å²) in [5.41, 5.74) is -0.0303. The first kappa shape index (κ1) is 18.0. The van der Waals surface area contributed by atoms with Gasteiger partial charge < -0.3 is 14.8 Å². The summed E-state index contributed by atoms with van der Waals surface area (Å²) < 4.78 is 10.6. The van der Waals surface area contributed by atoms with Crippen LogP contribution in [-0.4, -0.2) is 30.1 Å². The normalized spacial score (nSPS) is 12.4. The molecule has 0 aliphatic heterocycles. The molecule has 0 aliphatic carbocycles. The van der Waals surface area contributed by atoms with Crippen LogP contribution >= 0.6 is 0 Å². The highest BCUT2D eigenvalue weighted by atomic mass is 16.6. The Morgan fingerprint density at radius 3 is 2.45 bits per heavy atom. The Labute approximate surface area is 132 Å². The van der Waals surface area contributed by atoms with E-state index >= 15 is 0 Å². The fraction of sp³-hybridized carbons (Fsp3) is 0.529. The van der Waals surface area contributed by atoms with Crippen molar-refractivity contribution in [3.05, 3.63) is 29.8 Å². The number of ether oxygens (including phenoxy) is 2. The van der Waals surface area contributed by atoms with Gasteiger partial charge in [0.25, 0.3) is 0 Å². The zero-order chi connectivity index (χ0) is 16.8. The van der Waals surface area contributed by atoms with Crippen molar-refractivity contribution in [2.45, 2.75) is 52.7 Å². The number of amides is 1. The van der Waals surface area contributed by atoms with Gasteiger partial charge in [-0.15, -0.1) is 0 Å². The van der Waals surface area contributed by atoms with Gasteiger partial charge in [-0.25, -0.2) is 4.79 Å². The van der Waals surface area contributed by atoms with E-state index in [0.29, 0.717) is 17.9 Å². The van der Waals surface area contributed by atoms with Gasteiger partial charge in [0, 0.05) is 12.5 Å². The SMILES string of the molecule is CCOc1ccccc1C(=O)CC(C)NC(=O)OC(C)(C)C. The molecule has 0 spiro atoms. The van der Waals surface area contributed by atoms with Crippen LogP contribution in [0.3, 0.4) is 0 Å².